The number of allylic oxidation sites excluding steroid dienone is 3. The molecule has 0 aromatic heterocycles. The van der Waals surface area contributed by atoms with E-state index in [1.165, 1.54) is 18.2 Å². The van der Waals surface area contributed by atoms with E-state index in [4.69, 9.17) is 0 Å². The van der Waals surface area contributed by atoms with Crippen LogP contribution in [0.3, 0.4) is 0 Å². The Balaban J connectivity index is 2.46. The summed E-state index contributed by atoms with van der Waals surface area (Å²) < 4.78 is 64.5. The average Bonchev–Trinajstić information content (AvgIpc) is 2.37. The average molecular weight is 287 g/mol. The molecular weight excluding hydrogens is 277 g/mol. The quantitative estimate of drug-likeness (QED) is 0.597. The smallest absolute Gasteiger partial charge is 0.256 e. The summed E-state index contributed by atoms with van der Waals surface area (Å²) in [6.07, 6.45) is 1.75. The third kappa shape index (κ3) is 2.74. The van der Waals surface area contributed by atoms with Crippen LogP contribution < -0.4 is 0 Å². The van der Waals surface area contributed by atoms with Crippen LogP contribution >= 0.6 is 0 Å². The maximum atomic E-state index is 13.2. The monoisotopic (exact) mass is 287 g/mol. The van der Waals surface area contributed by atoms with Gasteiger partial charge in [-0.15, -0.1) is 0 Å². The molecule has 20 heavy (non-hydrogen) atoms. The van der Waals surface area contributed by atoms with Crippen molar-refractivity contribution in [2.75, 3.05) is 6.54 Å². The standard InChI is InChI=1S/C14H10F5N/c1-8-3-2-4-12(20(8)7-13(17)18)9-5-10(15)14(19)11(16)6-9/h2-6,13H,1,7H2. The van der Waals surface area contributed by atoms with Crippen LogP contribution in [0.25, 0.3) is 5.70 Å². The highest BCUT2D eigenvalue weighted by molar-refractivity contribution is 5.69. The molecule has 2 rings (SSSR count). The van der Waals surface area contributed by atoms with Gasteiger partial charge in [0.15, 0.2) is 17.5 Å². The Morgan fingerprint density at radius 1 is 1.10 bits per heavy atom. The van der Waals surface area contributed by atoms with Crippen LogP contribution in [0.1, 0.15) is 5.56 Å². The van der Waals surface area contributed by atoms with Crippen molar-refractivity contribution < 1.29 is 22.0 Å². The molecule has 0 N–H and O–H groups in total. The number of alkyl halides is 2. The molecule has 1 heterocycles. The van der Waals surface area contributed by atoms with Gasteiger partial charge in [0.25, 0.3) is 6.43 Å². The van der Waals surface area contributed by atoms with Gasteiger partial charge >= 0.3 is 0 Å². The Bertz CT molecular complexity index is 581. The second-order valence-corrected chi connectivity index (χ2v) is 4.16. The summed E-state index contributed by atoms with van der Waals surface area (Å²) in [7, 11) is 0. The Morgan fingerprint density at radius 2 is 1.70 bits per heavy atom. The summed E-state index contributed by atoms with van der Waals surface area (Å²) in [6, 6.07) is 1.52. The number of benzene rings is 1. The van der Waals surface area contributed by atoms with E-state index in [9.17, 15) is 22.0 Å². The predicted molar refractivity (Wildman–Crippen MR) is 65.3 cm³/mol. The highest BCUT2D eigenvalue weighted by Gasteiger charge is 2.22. The highest BCUT2D eigenvalue weighted by atomic mass is 19.3. The van der Waals surface area contributed by atoms with Crippen LogP contribution in [0.5, 0.6) is 0 Å². The molecule has 0 aliphatic carbocycles. The third-order valence-electron chi connectivity index (χ3n) is 2.78. The van der Waals surface area contributed by atoms with Crippen molar-refractivity contribution in [3.63, 3.8) is 0 Å². The molecule has 0 radical (unpaired) electrons. The van der Waals surface area contributed by atoms with Crippen LogP contribution in [0.2, 0.25) is 0 Å². The topological polar surface area (TPSA) is 3.24 Å². The molecule has 0 saturated carbocycles. The van der Waals surface area contributed by atoms with Gasteiger partial charge in [-0.05, 0) is 24.3 Å². The summed E-state index contributed by atoms with van der Waals surface area (Å²) >= 11 is 0. The Kier molecular flexibility index (Phi) is 3.92. The Morgan fingerprint density at radius 3 is 2.25 bits per heavy atom. The number of hydrogen-bond acceptors (Lipinski definition) is 1. The lowest BCUT2D eigenvalue weighted by Gasteiger charge is -2.29. The fourth-order valence-corrected chi connectivity index (χ4v) is 1.89. The lowest BCUT2D eigenvalue weighted by molar-refractivity contribution is 0.123. The normalized spacial score (nSPS) is 15.0. The predicted octanol–water partition coefficient (Wildman–Crippen LogP) is 4.10. The van der Waals surface area contributed by atoms with E-state index < -0.39 is 30.4 Å². The zero-order chi connectivity index (χ0) is 14.9. The van der Waals surface area contributed by atoms with Crippen molar-refractivity contribution in [2.45, 2.75) is 6.43 Å². The van der Waals surface area contributed by atoms with Crippen molar-refractivity contribution in [2.24, 2.45) is 0 Å². The maximum Gasteiger partial charge on any atom is 0.256 e. The largest absolute Gasteiger partial charge is 0.336 e. The number of halogens is 5. The molecule has 1 nitrogen and oxygen atoms in total. The zero-order valence-electron chi connectivity index (χ0n) is 10.2. The first-order chi connectivity index (χ1) is 9.40. The van der Waals surface area contributed by atoms with Crippen molar-refractivity contribution in [1.82, 2.24) is 4.90 Å². The minimum Gasteiger partial charge on any atom is -0.336 e. The van der Waals surface area contributed by atoms with E-state index in [1.807, 2.05) is 0 Å². The molecule has 1 aliphatic heterocycles. The van der Waals surface area contributed by atoms with Gasteiger partial charge in [0.2, 0.25) is 0 Å². The molecule has 0 bridgehead atoms. The Hall–Kier alpha value is -2.11. The molecule has 0 amide bonds. The molecule has 1 aromatic carbocycles. The van der Waals surface area contributed by atoms with Crippen molar-refractivity contribution in [1.29, 1.82) is 0 Å². The van der Waals surface area contributed by atoms with E-state index in [2.05, 4.69) is 6.58 Å². The van der Waals surface area contributed by atoms with Gasteiger partial charge < -0.3 is 4.90 Å². The number of nitrogens with zero attached hydrogens (tertiary/aromatic N) is 1. The van der Waals surface area contributed by atoms with Crippen LogP contribution in [-0.4, -0.2) is 17.9 Å². The molecule has 0 saturated heterocycles. The first kappa shape index (κ1) is 14.3. The molecule has 0 spiro atoms. The summed E-state index contributed by atoms with van der Waals surface area (Å²) in [5, 5.41) is 0. The molecule has 106 valence electrons. The summed E-state index contributed by atoms with van der Waals surface area (Å²) in [5.74, 6) is -4.35. The van der Waals surface area contributed by atoms with Gasteiger partial charge in [-0.25, -0.2) is 22.0 Å². The third-order valence-corrected chi connectivity index (χ3v) is 2.78. The Labute approximate surface area is 112 Å². The van der Waals surface area contributed by atoms with E-state index in [1.54, 1.807) is 0 Å². The van der Waals surface area contributed by atoms with Crippen molar-refractivity contribution in [3.8, 4) is 0 Å². The van der Waals surface area contributed by atoms with Gasteiger partial charge in [0.1, 0.15) is 0 Å². The fraction of sp³-hybridized carbons (Fsp3) is 0.143. The second-order valence-electron chi connectivity index (χ2n) is 4.16. The highest BCUT2D eigenvalue weighted by Crippen LogP contribution is 2.29. The maximum absolute atomic E-state index is 13.2. The van der Waals surface area contributed by atoms with E-state index in [0.29, 0.717) is 0 Å². The van der Waals surface area contributed by atoms with Crippen molar-refractivity contribution in [3.05, 3.63) is 65.7 Å². The van der Waals surface area contributed by atoms with Crippen LogP contribution in [0, 0.1) is 17.5 Å². The lowest BCUT2D eigenvalue weighted by Crippen LogP contribution is -2.27. The van der Waals surface area contributed by atoms with Crippen molar-refractivity contribution >= 4 is 5.70 Å². The summed E-state index contributed by atoms with van der Waals surface area (Å²) in [4.78, 5) is 1.12. The minimum atomic E-state index is -2.66. The number of hydrogen-bond donors (Lipinski definition) is 0. The molecule has 1 aliphatic rings. The van der Waals surface area contributed by atoms with Gasteiger partial charge in [0.05, 0.1) is 6.54 Å². The SMILES string of the molecule is C=C1C=CC=C(c2cc(F)c(F)c(F)c2)N1CC(F)F. The molecule has 1 aromatic rings. The number of rotatable bonds is 3. The first-order valence-electron chi connectivity index (χ1n) is 5.68. The summed E-state index contributed by atoms with van der Waals surface area (Å²) in [5.41, 5.74) is 0.357. The van der Waals surface area contributed by atoms with Gasteiger partial charge in [0, 0.05) is 17.0 Å². The first-order valence-corrected chi connectivity index (χ1v) is 5.68. The van der Waals surface area contributed by atoms with E-state index in [0.717, 1.165) is 17.0 Å². The zero-order valence-corrected chi connectivity index (χ0v) is 10.2. The summed E-state index contributed by atoms with van der Waals surface area (Å²) in [6.45, 7) is 2.92. The lowest BCUT2D eigenvalue weighted by atomic mass is 10.1. The van der Waals surface area contributed by atoms with Crippen LogP contribution in [0.15, 0.2) is 42.6 Å². The van der Waals surface area contributed by atoms with Crippen LogP contribution in [-0.2, 0) is 0 Å². The molecular formula is C14H10F5N. The molecule has 0 unspecified atom stereocenters. The van der Waals surface area contributed by atoms with E-state index in [-0.39, 0.29) is 17.0 Å². The molecule has 0 atom stereocenters. The van der Waals surface area contributed by atoms with Gasteiger partial charge in [-0.1, -0.05) is 12.7 Å². The second kappa shape index (κ2) is 5.48. The van der Waals surface area contributed by atoms with Crippen LogP contribution in [0.4, 0.5) is 22.0 Å². The van der Waals surface area contributed by atoms with Gasteiger partial charge in [-0.2, -0.15) is 0 Å². The molecule has 6 heteroatoms. The fourth-order valence-electron chi connectivity index (χ4n) is 1.89. The van der Waals surface area contributed by atoms with E-state index >= 15 is 0 Å². The molecule has 0 fully saturated rings. The minimum absolute atomic E-state index is 0.0347. The van der Waals surface area contributed by atoms with Gasteiger partial charge in [-0.3, -0.25) is 0 Å².